The van der Waals surface area contributed by atoms with Crippen molar-refractivity contribution in [2.24, 2.45) is 5.10 Å². The van der Waals surface area contributed by atoms with Crippen molar-refractivity contribution in [2.75, 3.05) is 36.6 Å². The van der Waals surface area contributed by atoms with Gasteiger partial charge in [0.2, 0.25) is 0 Å². The lowest BCUT2D eigenvalue weighted by Gasteiger charge is -2.29. The van der Waals surface area contributed by atoms with Gasteiger partial charge >= 0.3 is 0 Å². The van der Waals surface area contributed by atoms with Crippen LogP contribution in [0.25, 0.3) is 10.9 Å². The summed E-state index contributed by atoms with van der Waals surface area (Å²) < 4.78 is 32.2. The molecule has 27 heavy (non-hydrogen) atoms. The largest absolute Gasteiger partial charge is 0.378 e. The Bertz CT molecular complexity index is 987. The number of para-hydroxylation sites is 1. The van der Waals surface area contributed by atoms with Crippen LogP contribution in [0.15, 0.2) is 53.6 Å². The Morgan fingerprint density at radius 1 is 1.07 bits per heavy atom. The lowest BCUT2D eigenvalue weighted by Crippen LogP contribution is -2.37. The van der Waals surface area contributed by atoms with Gasteiger partial charge in [-0.3, -0.25) is 5.43 Å². The molecule has 1 N–H and O–H groups in total. The van der Waals surface area contributed by atoms with Crippen LogP contribution < -0.4 is 10.3 Å². The van der Waals surface area contributed by atoms with E-state index in [-0.39, 0.29) is 5.69 Å². The number of halogens is 2. The molecule has 1 aliphatic rings. The number of hydrogen-bond acceptors (Lipinski definition) is 5. The molecule has 1 aliphatic heterocycles. The molecular formula is C20H18F2N4O. The number of nitrogens with one attached hydrogen (secondary N) is 1. The van der Waals surface area contributed by atoms with E-state index < -0.39 is 11.6 Å². The van der Waals surface area contributed by atoms with Gasteiger partial charge in [-0.1, -0.05) is 18.2 Å². The molecule has 2 aromatic carbocycles. The smallest absolute Gasteiger partial charge is 0.151 e. The number of ether oxygens (including phenoxy) is 1. The minimum atomic E-state index is -0.697. The number of rotatable bonds is 4. The van der Waals surface area contributed by atoms with Gasteiger partial charge in [-0.2, -0.15) is 5.10 Å². The molecule has 0 radical (unpaired) electrons. The Hall–Kier alpha value is -3.06. The summed E-state index contributed by atoms with van der Waals surface area (Å²) in [5.41, 5.74) is 4.44. The highest BCUT2D eigenvalue weighted by Gasteiger charge is 2.16. The third-order valence-electron chi connectivity index (χ3n) is 4.36. The Kier molecular flexibility index (Phi) is 4.93. The van der Waals surface area contributed by atoms with Crippen molar-refractivity contribution in [3.8, 4) is 0 Å². The zero-order chi connectivity index (χ0) is 18.6. The van der Waals surface area contributed by atoms with Crippen molar-refractivity contribution in [3.63, 3.8) is 0 Å². The number of morpholine rings is 1. The maximum atomic E-state index is 13.7. The first-order valence-electron chi connectivity index (χ1n) is 8.67. The fourth-order valence-corrected chi connectivity index (χ4v) is 3.00. The molecule has 1 fully saturated rings. The molecule has 0 saturated carbocycles. The van der Waals surface area contributed by atoms with Crippen LogP contribution in [0, 0.1) is 11.6 Å². The average Bonchev–Trinajstić information content (AvgIpc) is 2.70. The number of benzene rings is 2. The Morgan fingerprint density at radius 3 is 2.70 bits per heavy atom. The third kappa shape index (κ3) is 3.88. The van der Waals surface area contributed by atoms with E-state index in [2.05, 4.69) is 15.4 Å². The highest BCUT2D eigenvalue weighted by molar-refractivity contribution is 5.94. The first kappa shape index (κ1) is 17.4. The molecule has 2 heterocycles. The minimum Gasteiger partial charge on any atom is -0.378 e. The second-order valence-electron chi connectivity index (χ2n) is 6.19. The summed E-state index contributed by atoms with van der Waals surface area (Å²) in [4.78, 5) is 6.93. The van der Waals surface area contributed by atoms with Crippen molar-refractivity contribution in [1.82, 2.24) is 4.98 Å². The van der Waals surface area contributed by atoms with Gasteiger partial charge < -0.3 is 9.64 Å². The second kappa shape index (κ2) is 7.67. The fourth-order valence-electron chi connectivity index (χ4n) is 3.00. The molecule has 0 aliphatic carbocycles. The van der Waals surface area contributed by atoms with Gasteiger partial charge in [-0.25, -0.2) is 13.8 Å². The number of hydrazone groups is 1. The molecule has 4 rings (SSSR count). The van der Waals surface area contributed by atoms with Gasteiger partial charge in [0.1, 0.15) is 11.6 Å². The van der Waals surface area contributed by atoms with Crippen LogP contribution in [0.3, 0.4) is 0 Å². The average molecular weight is 368 g/mol. The maximum Gasteiger partial charge on any atom is 0.151 e. The van der Waals surface area contributed by atoms with Crippen LogP contribution in [-0.4, -0.2) is 37.5 Å². The predicted octanol–water partition coefficient (Wildman–Crippen LogP) is 3.80. The summed E-state index contributed by atoms with van der Waals surface area (Å²) in [6.07, 6.45) is 1.60. The standard InChI is InChI=1S/C20H18F2N4O/c21-16-5-6-19(17(22)12-16)25-23-13-15-11-14-3-1-2-4-18(14)24-20(15)26-7-9-27-10-8-26/h1-6,11-13,25H,7-10H2. The number of pyridine rings is 1. The van der Waals surface area contributed by atoms with E-state index in [4.69, 9.17) is 9.72 Å². The molecule has 0 amide bonds. The molecule has 138 valence electrons. The number of anilines is 2. The van der Waals surface area contributed by atoms with Crippen molar-refractivity contribution < 1.29 is 13.5 Å². The monoisotopic (exact) mass is 368 g/mol. The highest BCUT2D eigenvalue weighted by atomic mass is 19.1. The Morgan fingerprint density at radius 2 is 1.89 bits per heavy atom. The van der Waals surface area contributed by atoms with Gasteiger partial charge in [0.05, 0.1) is 30.6 Å². The molecule has 3 aromatic rings. The van der Waals surface area contributed by atoms with E-state index in [9.17, 15) is 8.78 Å². The van der Waals surface area contributed by atoms with E-state index in [1.807, 2.05) is 30.3 Å². The molecule has 0 spiro atoms. The molecule has 1 saturated heterocycles. The van der Waals surface area contributed by atoms with Crippen LogP contribution >= 0.6 is 0 Å². The molecule has 7 heteroatoms. The summed E-state index contributed by atoms with van der Waals surface area (Å²) >= 11 is 0. The zero-order valence-corrected chi connectivity index (χ0v) is 14.5. The van der Waals surface area contributed by atoms with E-state index in [0.717, 1.165) is 41.4 Å². The van der Waals surface area contributed by atoms with Crippen molar-refractivity contribution in [1.29, 1.82) is 0 Å². The van der Waals surface area contributed by atoms with E-state index >= 15 is 0 Å². The first-order valence-corrected chi connectivity index (χ1v) is 8.67. The fraction of sp³-hybridized carbons (Fsp3) is 0.200. The van der Waals surface area contributed by atoms with Crippen LogP contribution in [0.4, 0.5) is 20.3 Å². The van der Waals surface area contributed by atoms with E-state index in [1.165, 1.54) is 12.1 Å². The lowest BCUT2D eigenvalue weighted by atomic mass is 10.1. The SMILES string of the molecule is Fc1ccc(NN=Cc2cc3ccccc3nc2N2CCOCC2)c(F)c1. The third-order valence-corrected chi connectivity index (χ3v) is 4.36. The van der Waals surface area contributed by atoms with Crippen LogP contribution in [-0.2, 0) is 4.74 Å². The Labute approximate surface area is 155 Å². The molecule has 0 bridgehead atoms. The minimum absolute atomic E-state index is 0.106. The first-order chi connectivity index (χ1) is 13.2. The molecule has 0 atom stereocenters. The summed E-state index contributed by atoms with van der Waals surface area (Å²) in [7, 11) is 0. The van der Waals surface area contributed by atoms with Crippen molar-refractivity contribution >= 4 is 28.6 Å². The van der Waals surface area contributed by atoms with Crippen LogP contribution in [0.1, 0.15) is 5.56 Å². The number of aromatic nitrogens is 1. The van der Waals surface area contributed by atoms with Gasteiger partial charge in [0.15, 0.2) is 5.82 Å². The van der Waals surface area contributed by atoms with Gasteiger partial charge in [0.25, 0.3) is 0 Å². The van der Waals surface area contributed by atoms with Gasteiger partial charge in [-0.05, 0) is 24.3 Å². The molecule has 5 nitrogen and oxygen atoms in total. The van der Waals surface area contributed by atoms with Crippen molar-refractivity contribution in [2.45, 2.75) is 0 Å². The summed E-state index contributed by atoms with van der Waals surface area (Å²) in [6, 6.07) is 13.1. The van der Waals surface area contributed by atoms with Gasteiger partial charge in [-0.15, -0.1) is 0 Å². The Balaban J connectivity index is 1.66. The lowest BCUT2D eigenvalue weighted by molar-refractivity contribution is 0.122. The molecule has 1 aromatic heterocycles. The van der Waals surface area contributed by atoms with Crippen molar-refractivity contribution in [3.05, 3.63) is 65.7 Å². The number of hydrogen-bond donors (Lipinski definition) is 1. The molecular weight excluding hydrogens is 350 g/mol. The molecule has 0 unspecified atom stereocenters. The normalized spacial score (nSPS) is 14.8. The van der Waals surface area contributed by atoms with E-state index in [0.29, 0.717) is 13.2 Å². The number of nitrogens with zero attached hydrogens (tertiary/aromatic N) is 3. The highest BCUT2D eigenvalue weighted by Crippen LogP contribution is 2.23. The summed E-state index contributed by atoms with van der Waals surface area (Å²) in [6.45, 7) is 2.77. The van der Waals surface area contributed by atoms with Gasteiger partial charge in [0, 0.05) is 30.1 Å². The quantitative estimate of drug-likeness (QED) is 0.562. The maximum absolute atomic E-state index is 13.7. The van der Waals surface area contributed by atoms with E-state index in [1.54, 1.807) is 6.21 Å². The summed E-state index contributed by atoms with van der Waals surface area (Å²) in [5.74, 6) is -0.519. The topological polar surface area (TPSA) is 49.8 Å². The second-order valence-corrected chi connectivity index (χ2v) is 6.19. The predicted molar refractivity (Wildman–Crippen MR) is 102 cm³/mol. The zero-order valence-electron chi connectivity index (χ0n) is 14.5. The van der Waals surface area contributed by atoms with Crippen LogP contribution in [0.5, 0.6) is 0 Å². The number of fused-ring (bicyclic) bond motifs is 1. The summed E-state index contributed by atoms with van der Waals surface area (Å²) in [5, 5.41) is 5.12. The van der Waals surface area contributed by atoms with Crippen LogP contribution in [0.2, 0.25) is 0 Å².